The van der Waals surface area contributed by atoms with Crippen molar-refractivity contribution in [3.63, 3.8) is 0 Å². The van der Waals surface area contributed by atoms with Gasteiger partial charge < -0.3 is 5.11 Å². The molecule has 2 aliphatic heterocycles. The number of aliphatic carboxylic acids is 1. The van der Waals surface area contributed by atoms with Crippen molar-refractivity contribution in [1.82, 2.24) is 0 Å². The van der Waals surface area contributed by atoms with Gasteiger partial charge in [-0.2, -0.15) is 23.5 Å². The molecule has 0 saturated carbocycles. The Bertz CT molecular complexity index is 994. The van der Waals surface area contributed by atoms with E-state index >= 15 is 0 Å². The highest BCUT2D eigenvalue weighted by molar-refractivity contribution is 8.00. The monoisotopic (exact) mass is 544 g/mol. The van der Waals surface area contributed by atoms with E-state index in [0.717, 1.165) is 41.0 Å². The van der Waals surface area contributed by atoms with Crippen molar-refractivity contribution in [3.8, 4) is 0 Å². The number of benzene rings is 2. The molecule has 1 N–H and O–H groups in total. The van der Waals surface area contributed by atoms with Gasteiger partial charge in [0.2, 0.25) is 0 Å². The Morgan fingerprint density at radius 2 is 1.19 bits per heavy atom. The molecule has 0 spiro atoms. The second kappa shape index (κ2) is 13.5. The molecule has 192 valence electrons. The standard InChI is InChI=1S/C14H16O3S.C14H16O2S2/c2*1-9(14(16)17)11-4-2-10(3-5-11)6-12-7-18-8-13(12)15/h2*2-5,9,12H,6-8H2,1H3,(H,16,17). The zero-order valence-electron chi connectivity index (χ0n) is 20.5. The van der Waals surface area contributed by atoms with Gasteiger partial charge in [0.05, 0.1) is 23.3 Å². The Hall–Kier alpha value is -2.03. The van der Waals surface area contributed by atoms with E-state index in [-0.39, 0.29) is 22.9 Å². The van der Waals surface area contributed by atoms with Crippen LogP contribution in [0.2, 0.25) is 0 Å². The fraction of sp³-hybridized carbons (Fsp3) is 0.429. The van der Waals surface area contributed by atoms with E-state index in [4.69, 9.17) is 5.11 Å². The van der Waals surface area contributed by atoms with Gasteiger partial charge in [0.25, 0.3) is 0 Å². The first-order valence-electron chi connectivity index (χ1n) is 12.0. The number of thiol groups is 1. The highest BCUT2D eigenvalue weighted by Gasteiger charge is 2.26. The van der Waals surface area contributed by atoms with Gasteiger partial charge >= 0.3 is 5.97 Å². The number of hydrogen-bond acceptors (Lipinski definition) is 6. The summed E-state index contributed by atoms with van der Waals surface area (Å²) < 4.78 is 0. The summed E-state index contributed by atoms with van der Waals surface area (Å²) in [6.45, 7) is 3.52. The summed E-state index contributed by atoms with van der Waals surface area (Å²) in [5, 5.41) is 8.80. The van der Waals surface area contributed by atoms with E-state index in [9.17, 15) is 19.2 Å². The first-order valence-corrected chi connectivity index (χ1v) is 14.8. The Labute approximate surface area is 226 Å². The van der Waals surface area contributed by atoms with Gasteiger partial charge in [-0.25, -0.2) is 0 Å². The smallest absolute Gasteiger partial charge is 0.310 e. The predicted molar refractivity (Wildman–Crippen MR) is 150 cm³/mol. The van der Waals surface area contributed by atoms with Crippen LogP contribution in [0, 0.1) is 11.8 Å². The Morgan fingerprint density at radius 1 is 0.806 bits per heavy atom. The maximum Gasteiger partial charge on any atom is 0.310 e. The quantitative estimate of drug-likeness (QED) is 0.449. The molecule has 2 aromatic rings. The summed E-state index contributed by atoms with van der Waals surface area (Å²) in [7, 11) is 0. The van der Waals surface area contributed by atoms with Gasteiger partial charge in [0.15, 0.2) is 5.12 Å². The van der Waals surface area contributed by atoms with Crippen LogP contribution in [-0.4, -0.2) is 50.8 Å². The number of carbonyl (C=O) groups is 4. The number of carboxylic acids is 1. The highest BCUT2D eigenvalue weighted by Crippen LogP contribution is 2.26. The van der Waals surface area contributed by atoms with Crippen LogP contribution < -0.4 is 0 Å². The van der Waals surface area contributed by atoms with Crippen molar-refractivity contribution in [2.24, 2.45) is 11.8 Å². The molecule has 0 bridgehead atoms. The molecule has 2 fully saturated rings. The zero-order chi connectivity index (χ0) is 26.2. The number of ketones is 2. The average Bonchev–Trinajstić information content (AvgIpc) is 3.46. The number of hydrogen-bond donors (Lipinski definition) is 2. The largest absolute Gasteiger partial charge is 0.481 e. The first-order chi connectivity index (χ1) is 17.2. The molecule has 0 aliphatic carbocycles. The maximum absolute atomic E-state index is 11.6. The molecule has 0 radical (unpaired) electrons. The average molecular weight is 545 g/mol. The van der Waals surface area contributed by atoms with Crippen LogP contribution in [0.5, 0.6) is 0 Å². The van der Waals surface area contributed by atoms with Gasteiger partial charge in [0, 0.05) is 23.3 Å². The first kappa shape index (κ1) is 28.5. The fourth-order valence-electron chi connectivity index (χ4n) is 4.11. The van der Waals surface area contributed by atoms with Crippen molar-refractivity contribution >= 4 is 58.8 Å². The molecule has 2 aliphatic rings. The predicted octanol–water partition coefficient (Wildman–Crippen LogP) is 5.07. The van der Waals surface area contributed by atoms with Crippen LogP contribution in [0.3, 0.4) is 0 Å². The van der Waals surface area contributed by atoms with E-state index in [1.165, 1.54) is 5.56 Å². The normalized spacial score (nSPS) is 21.0. The third-order valence-corrected chi connectivity index (χ3v) is 9.34. The van der Waals surface area contributed by atoms with Crippen LogP contribution in [0.25, 0.3) is 0 Å². The van der Waals surface area contributed by atoms with E-state index < -0.39 is 11.9 Å². The van der Waals surface area contributed by atoms with Gasteiger partial charge in [-0.05, 0) is 42.0 Å². The van der Waals surface area contributed by atoms with Crippen LogP contribution in [0.4, 0.5) is 0 Å². The Morgan fingerprint density at radius 3 is 1.50 bits per heavy atom. The van der Waals surface area contributed by atoms with Crippen molar-refractivity contribution < 1.29 is 24.3 Å². The summed E-state index contributed by atoms with van der Waals surface area (Å²) in [5.41, 5.74) is 4.06. The molecule has 4 rings (SSSR count). The van der Waals surface area contributed by atoms with Crippen LogP contribution in [0.1, 0.15) is 47.9 Å². The summed E-state index contributed by atoms with van der Waals surface area (Å²) in [6, 6.07) is 15.5. The molecular weight excluding hydrogens is 513 g/mol. The minimum absolute atomic E-state index is 0.120. The Kier molecular flexibility index (Phi) is 10.7. The van der Waals surface area contributed by atoms with Gasteiger partial charge in [-0.15, -0.1) is 12.6 Å². The van der Waals surface area contributed by atoms with E-state index in [0.29, 0.717) is 23.1 Å². The fourth-order valence-corrected chi connectivity index (χ4v) is 6.54. The molecular formula is C28H32O5S3. The molecule has 4 atom stereocenters. The molecule has 0 amide bonds. The van der Waals surface area contributed by atoms with Crippen molar-refractivity contribution in [2.45, 2.75) is 38.5 Å². The van der Waals surface area contributed by atoms with Crippen LogP contribution in [-0.2, 0) is 32.0 Å². The lowest BCUT2D eigenvalue weighted by Gasteiger charge is -2.10. The second-order valence-corrected chi connectivity index (χ2v) is 11.9. The van der Waals surface area contributed by atoms with Crippen LogP contribution >= 0.6 is 36.2 Å². The van der Waals surface area contributed by atoms with E-state index in [2.05, 4.69) is 12.6 Å². The van der Waals surface area contributed by atoms with Crippen LogP contribution in [0.15, 0.2) is 48.5 Å². The lowest BCUT2D eigenvalue weighted by atomic mass is 9.95. The SMILES string of the molecule is CC(C(=O)O)c1ccc(CC2CSCC2=O)cc1.CC(C(=O)S)c1ccc(CC2CSCC2=O)cc1. The van der Waals surface area contributed by atoms with Gasteiger partial charge in [0.1, 0.15) is 11.6 Å². The van der Waals surface area contributed by atoms with E-state index in [1.54, 1.807) is 30.4 Å². The van der Waals surface area contributed by atoms with Gasteiger partial charge in [-0.3, -0.25) is 19.2 Å². The maximum atomic E-state index is 11.6. The second-order valence-electron chi connectivity index (χ2n) is 9.37. The summed E-state index contributed by atoms with van der Waals surface area (Å²) in [6.07, 6.45) is 1.59. The number of carbonyl (C=O) groups excluding carboxylic acids is 3. The minimum atomic E-state index is -0.815. The number of rotatable bonds is 8. The van der Waals surface area contributed by atoms with Crippen molar-refractivity contribution in [2.75, 3.05) is 23.0 Å². The minimum Gasteiger partial charge on any atom is -0.481 e. The lowest BCUT2D eigenvalue weighted by Crippen LogP contribution is -2.14. The van der Waals surface area contributed by atoms with E-state index in [1.807, 2.05) is 55.5 Å². The Balaban J connectivity index is 0.000000201. The summed E-state index contributed by atoms with van der Waals surface area (Å²) in [5.74, 6) is 2.68. The molecule has 0 aromatic heterocycles. The van der Waals surface area contributed by atoms with Gasteiger partial charge in [-0.1, -0.05) is 55.5 Å². The van der Waals surface area contributed by atoms with Crippen molar-refractivity contribution in [1.29, 1.82) is 0 Å². The highest BCUT2D eigenvalue weighted by atomic mass is 32.2. The topological polar surface area (TPSA) is 88.5 Å². The summed E-state index contributed by atoms with van der Waals surface area (Å²) in [4.78, 5) is 45.1. The number of carboxylic acid groups (broad SMARTS) is 1. The number of thioether (sulfide) groups is 2. The third kappa shape index (κ3) is 7.98. The lowest BCUT2D eigenvalue weighted by molar-refractivity contribution is -0.138. The summed E-state index contributed by atoms with van der Waals surface area (Å²) >= 11 is 7.26. The molecule has 5 nitrogen and oxygen atoms in total. The molecule has 4 unspecified atom stereocenters. The molecule has 2 saturated heterocycles. The molecule has 2 heterocycles. The molecule has 2 aromatic carbocycles. The number of Topliss-reactive ketones (excluding diaryl/α,β-unsaturated/α-hetero) is 2. The third-order valence-electron chi connectivity index (χ3n) is 6.70. The van der Waals surface area contributed by atoms with Crippen molar-refractivity contribution in [3.05, 3.63) is 70.8 Å². The zero-order valence-corrected chi connectivity index (χ0v) is 23.0. The molecule has 8 heteroatoms. The molecule has 36 heavy (non-hydrogen) atoms.